The third-order valence-electron chi connectivity index (χ3n) is 3.33. The summed E-state index contributed by atoms with van der Waals surface area (Å²) in [4.78, 5) is 11.9. The van der Waals surface area contributed by atoms with Gasteiger partial charge >= 0.3 is 0 Å². The summed E-state index contributed by atoms with van der Waals surface area (Å²) in [6.45, 7) is 0.306. The quantitative estimate of drug-likeness (QED) is 0.376. The van der Waals surface area contributed by atoms with E-state index in [2.05, 4.69) is 5.32 Å². The van der Waals surface area contributed by atoms with Crippen molar-refractivity contribution in [3.63, 3.8) is 0 Å². The molecule has 1 aromatic rings. The van der Waals surface area contributed by atoms with Crippen LogP contribution < -0.4 is 15.6 Å². The smallest absolute Gasteiger partial charge is 0.292 e. The summed E-state index contributed by atoms with van der Waals surface area (Å²) in [6, 6.07) is 3.25. The minimum absolute atomic E-state index is 0.290. The molecule has 0 spiro atoms. The first kappa shape index (κ1) is 15.8. The second-order valence-electron chi connectivity index (χ2n) is 4.81. The van der Waals surface area contributed by atoms with Crippen molar-refractivity contribution in [2.24, 2.45) is 5.73 Å². The molecule has 4 atom stereocenters. The zero-order chi connectivity index (χ0) is 15.4. The lowest BCUT2D eigenvalue weighted by atomic mass is 10.1. The number of nitrogens with zero attached hydrogens (tertiary/aromatic N) is 1. The van der Waals surface area contributed by atoms with Crippen LogP contribution in [0.1, 0.15) is 16.6 Å². The Hall–Kier alpha value is -1.58. The van der Waals surface area contributed by atoms with Crippen LogP contribution in [-0.4, -0.2) is 59.2 Å². The van der Waals surface area contributed by atoms with Crippen molar-refractivity contribution in [1.82, 2.24) is 5.32 Å². The average molecular weight is 298 g/mol. The minimum Gasteiger partial charge on any atom is -0.394 e. The van der Waals surface area contributed by atoms with Gasteiger partial charge in [-0.15, -0.1) is 0 Å². The number of rotatable bonds is 5. The zero-order valence-electron chi connectivity index (χ0n) is 11.4. The van der Waals surface area contributed by atoms with Crippen LogP contribution in [-0.2, 0) is 4.74 Å². The molecule has 0 unspecified atom stereocenters. The Labute approximate surface area is 121 Å². The summed E-state index contributed by atoms with van der Waals surface area (Å²) >= 11 is 0. The number of hydrogen-bond acceptors (Lipinski definition) is 6. The summed E-state index contributed by atoms with van der Waals surface area (Å²) in [5.41, 5.74) is 5.70. The Morgan fingerprint density at radius 1 is 1.43 bits per heavy atom. The highest BCUT2D eigenvalue weighted by Crippen LogP contribution is 2.25. The highest BCUT2D eigenvalue weighted by molar-refractivity contribution is 5.93. The Balaban J connectivity index is 2.16. The first-order chi connectivity index (χ1) is 10.1. The van der Waals surface area contributed by atoms with Crippen LogP contribution in [0.25, 0.3) is 0 Å². The molecule has 116 valence electrons. The van der Waals surface area contributed by atoms with Crippen LogP contribution >= 0.6 is 0 Å². The molecule has 1 aliphatic heterocycles. The molecule has 1 fully saturated rings. The Kier molecular flexibility index (Phi) is 5.21. The Morgan fingerprint density at radius 3 is 2.81 bits per heavy atom. The van der Waals surface area contributed by atoms with Crippen molar-refractivity contribution in [3.8, 4) is 0 Å². The minimum atomic E-state index is -1.19. The monoisotopic (exact) mass is 298 g/mol. The fourth-order valence-corrected chi connectivity index (χ4v) is 2.20. The summed E-state index contributed by atoms with van der Waals surface area (Å²) in [5.74, 6) is -0.290. The van der Waals surface area contributed by atoms with Crippen molar-refractivity contribution >= 4 is 5.91 Å². The number of aliphatic hydroxyl groups excluding tert-OH is 3. The van der Waals surface area contributed by atoms with Gasteiger partial charge in [0.25, 0.3) is 12.1 Å². The van der Waals surface area contributed by atoms with E-state index in [9.17, 15) is 15.0 Å². The maximum absolute atomic E-state index is 11.9. The number of nitrogens with two attached hydrogens (primary N) is 1. The van der Waals surface area contributed by atoms with Gasteiger partial charge in [-0.25, -0.2) is 0 Å². The predicted octanol–water partition coefficient (Wildman–Crippen LogP) is -2.73. The molecule has 0 bridgehead atoms. The summed E-state index contributed by atoms with van der Waals surface area (Å²) < 4.78 is 6.89. The van der Waals surface area contributed by atoms with E-state index in [1.807, 2.05) is 0 Å². The van der Waals surface area contributed by atoms with Gasteiger partial charge in [-0.3, -0.25) is 4.79 Å². The van der Waals surface area contributed by atoms with E-state index in [0.29, 0.717) is 18.7 Å². The van der Waals surface area contributed by atoms with Crippen LogP contribution in [0.2, 0.25) is 0 Å². The molecular formula is C13H20N3O5+. The van der Waals surface area contributed by atoms with Gasteiger partial charge in [0.05, 0.1) is 6.61 Å². The second kappa shape index (κ2) is 6.92. The largest absolute Gasteiger partial charge is 0.394 e. The summed E-state index contributed by atoms with van der Waals surface area (Å²) in [6.07, 6.45) is -0.963. The van der Waals surface area contributed by atoms with Gasteiger partial charge in [-0.1, -0.05) is 0 Å². The van der Waals surface area contributed by atoms with Crippen molar-refractivity contribution in [2.75, 3.05) is 19.7 Å². The lowest BCUT2D eigenvalue weighted by Crippen LogP contribution is -2.46. The highest BCUT2D eigenvalue weighted by Gasteiger charge is 2.47. The first-order valence-electron chi connectivity index (χ1n) is 6.70. The number of aromatic nitrogens is 1. The molecule has 0 aromatic carbocycles. The molecule has 1 saturated heterocycles. The molecule has 8 nitrogen and oxygen atoms in total. The predicted molar refractivity (Wildman–Crippen MR) is 71.0 cm³/mol. The number of nitrogens with one attached hydrogen (secondary N) is 1. The molecular weight excluding hydrogens is 278 g/mol. The normalized spacial score (nSPS) is 28.6. The molecule has 1 aromatic heterocycles. The number of ether oxygens (including phenoxy) is 1. The first-order valence-corrected chi connectivity index (χ1v) is 6.70. The van der Waals surface area contributed by atoms with Gasteiger partial charge in [0.1, 0.15) is 17.8 Å². The molecule has 0 saturated carbocycles. The highest BCUT2D eigenvalue weighted by atomic mass is 16.6. The number of carbonyl (C=O) groups excluding carboxylic acids is 1. The second-order valence-corrected chi connectivity index (χ2v) is 4.81. The topological polar surface area (TPSA) is 129 Å². The van der Waals surface area contributed by atoms with Crippen molar-refractivity contribution in [1.29, 1.82) is 0 Å². The fourth-order valence-electron chi connectivity index (χ4n) is 2.20. The van der Waals surface area contributed by atoms with E-state index in [0.717, 1.165) is 0 Å². The van der Waals surface area contributed by atoms with Crippen LogP contribution in [0.15, 0.2) is 24.5 Å². The number of hydrogen-bond donors (Lipinski definition) is 5. The lowest BCUT2D eigenvalue weighted by Gasteiger charge is -2.10. The zero-order valence-corrected chi connectivity index (χ0v) is 11.4. The number of pyridine rings is 1. The molecule has 1 aliphatic rings. The average Bonchev–Trinajstić information content (AvgIpc) is 2.80. The third kappa shape index (κ3) is 3.36. The van der Waals surface area contributed by atoms with Crippen molar-refractivity contribution in [3.05, 3.63) is 30.1 Å². The van der Waals surface area contributed by atoms with Crippen LogP contribution in [0.5, 0.6) is 0 Å². The number of amides is 1. The van der Waals surface area contributed by atoms with E-state index in [-0.39, 0.29) is 5.91 Å². The van der Waals surface area contributed by atoms with Crippen LogP contribution in [0, 0.1) is 0 Å². The maximum Gasteiger partial charge on any atom is 0.292 e. The molecule has 6 N–H and O–H groups in total. The van der Waals surface area contributed by atoms with Crippen molar-refractivity contribution in [2.45, 2.75) is 24.5 Å². The molecule has 1 amide bonds. The Bertz CT molecular complexity index is 498. The van der Waals surface area contributed by atoms with Gasteiger partial charge in [0, 0.05) is 19.2 Å². The molecule has 8 heteroatoms. The van der Waals surface area contributed by atoms with E-state index >= 15 is 0 Å². The SMILES string of the molecule is NCCNC(=O)c1ccc[n+]([C@@H]2O[C@H](CO)[C@@H](O)[C@H]2O)c1. The van der Waals surface area contributed by atoms with Gasteiger partial charge in [-0.2, -0.15) is 4.57 Å². The molecule has 2 rings (SSSR count). The van der Waals surface area contributed by atoms with E-state index < -0.39 is 31.1 Å². The maximum atomic E-state index is 11.9. The fraction of sp³-hybridized carbons (Fsp3) is 0.538. The molecule has 2 heterocycles. The lowest BCUT2D eigenvalue weighted by molar-refractivity contribution is -0.765. The molecule has 0 aliphatic carbocycles. The number of carbonyl (C=O) groups is 1. The van der Waals surface area contributed by atoms with E-state index in [1.54, 1.807) is 18.3 Å². The van der Waals surface area contributed by atoms with Gasteiger partial charge < -0.3 is 31.1 Å². The third-order valence-corrected chi connectivity index (χ3v) is 3.33. The van der Waals surface area contributed by atoms with E-state index in [4.69, 9.17) is 15.6 Å². The van der Waals surface area contributed by atoms with E-state index in [1.165, 1.54) is 10.8 Å². The number of aliphatic hydroxyl groups is 3. The Morgan fingerprint density at radius 2 is 2.19 bits per heavy atom. The van der Waals surface area contributed by atoms with Gasteiger partial charge in [-0.05, 0) is 6.07 Å². The van der Waals surface area contributed by atoms with Crippen molar-refractivity contribution < 1.29 is 29.4 Å². The standard InChI is InChI=1S/C13H19N3O5/c14-3-4-15-12(20)8-2-1-5-16(6-8)13-11(19)10(18)9(7-17)21-13/h1-2,5-6,9-11,13,17-19H,3-4,7,14H2/p+1/t9-,10-,11-,13-/m1/s1. The van der Waals surface area contributed by atoms with Crippen LogP contribution in [0.3, 0.4) is 0 Å². The molecule has 0 radical (unpaired) electrons. The van der Waals surface area contributed by atoms with Gasteiger partial charge in [0.15, 0.2) is 18.5 Å². The summed E-state index contributed by atoms with van der Waals surface area (Å²) in [5, 5.41) is 31.4. The van der Waals surface area contributed by atoms with Gasteiger partial charge in [0.2, 0.25) is 0 Å². The molecule has 21 heavy (non-hydrogen) atoms. The summed E-state index contributed by atoms with van der Waals surface area (Å²) in [7, 11) is 0. The van der Waals surface area contributed by atoms with Crippen LogP contribution in [0.4, 0.5) is 0 Å².